The monoisotopic (exact) mass is 266 g/mol. The van der Waals surface area contributed by atoms with Crippen molar-refractivity contribution in [2.75, 3.05) is 17.7 Å². The van der Waals surface area contributed by atoms with Gasteiger partial charge >= 0.3 is 0 Å². The lowest BCUT2D eigenvalue weighted by Gasteiger charge is -2.11. The molecule has 16 heavy (non-hydrogen) atoms. The Morgan fingerprint density at radius 2 is 2.31 bits per heavy atom. The Hall–Kier alpha value is -0.930. The molecule has 7 nitrogen and oxygen atoms in total. The van der Waals surface area contributed by atoms with E-state index in [0.717, 1.165) is 6.20 Å². The summed E-state index contributed by atoms with van der Waals surface area (Å²) in [6.07, 6.45) is 2.64. The highest BCUT2D eigenvalue weighted by molar-refractivity contribution is 7.89. The molecule has 0 aliphatic heterocycles. The lowest BCUT2D eigenvalue weighted by Crippen LogP contribution is -2.36. The zero-order valence-electron chi connectivity index (χ0n) is 8.93. The topological polar surface area (TPSA) is 118 Å². The maximum absolute atomic E-state index is 11.8. The van der Waals surface area contributed by atoms with E-state index in [4.69, 9.17) is 5.73 Å². The summed E-state index contributed by atoms with van der Waals surface area (Å²) in [5.74, 6) is 0.231. The first-order valence-electron chi connectivity index (χ1n) is 4.44. The number of aromatic nitrogens is 2. The molecule has 2 unspecified atom stereocenters. The van der Waals surface area contributed by atoms with Crippen LogP contribution in [0.4, 0.5) is 5.82 Å². The molecule has 1 rings (SSSR count). The fourth-order valence-corrected chi connectivity index (χ4v) is 3.37. The van der Waals surface area contributed by atoms with E-state index in [1.54, 1.807) is 6.92 Å². The number of hydrogen-bond acceptors (Lipinski definition) is 5. The zero-order chi connectivity index (χ0) is 12.3. The molecule has 0 saturated heterocycles. The van der Waals surface area contributed by atoms with Gasteiger partial charge in [0.05, 0.1) is 6.20 Å². The Labute approximate surface area is 96.3 Å². The highest BCUT2D eigenvalue weighted by Gasteiger charge is 2.21. The van der Waals surface area contributed by atoms with Gasteiger partial charge < -0.3 is 5.73 Å². The number of H-pyrrole nitrogens is 1. The molecule has 92 valence electrons. The third-order valence-electron chi connectivity index (χ3n) is 1.76. The summed E-state index contributed by atoms with van der Waals surface area (Å²) in [6, 6.07) is -0.426. The van der Waals surface area contributed by atoms with Crippen LogP contribution in [-0.4, -0.2) is 40.9 Å². The Kier molecular flexibility index (Phi) is 4.05. The van der Waals surface area contributed by atoms with Gasteiger partial charge in [-0.2, -0.15) is 5.10 Å². The molecule has 0 saturated carbocycles. The fourth-order valence-electron chi connectivity index (χ4n) is 1.21. The minimum atomic E-state index is -3.70. The molecule has 1 aromatic heterocycles. The summed E-state index contributed by atoms with van der Waals surface area (Å²) >= 11 is 0. The molecule has 0 aliphatic carbocycles. The van der Waals surface area contributed by atoms with Crippen molar-refractivity contribution < 1.29 is 12.6 Å². The molecule has 1 heterocycles. The van der Waals surface area contributed by atoms with Gasteiger partial charge in [0.15, 0.2) is 0 Å². The minimum Gasteiger partial charge on any atom is -0.383 e. The van der Waals surface area contributed by atoms with Gasteiger partial charge in [-0.1, -0.05) is 0 Å². The molecule has 1 aromatic rings. The van der Waals surface area contributed by atoms with Crippen molar-refractivity contribution in [2.24, 2.45) is 0 Å². The minimum absolute atomic E-state index is 0.0164. The van der Waals surface area contributed by atoms with E-state index in [2.05, 4.69) is 14.9 Å². The van der Waals surface area contributed by atoms with Crippen molar-refractivity contribution in [1.29, 1.82) is 0 Å². The van der Waals surface area contributed by atoms with Crippen LogP contribution in [0.5, 0.6) is 0 Å². The van der Waals surface area contributed by atoms with E-state index >= 15 is 0 Å². The molecule has 0 spiro atoms. The fraction of sp³-hybridized carbons (Fsp3) is 0.571. The van der Waals surface area contributed by atoms with Crippen LogP contribution >= 0.6 is 0 Å². The second-order valence-corrected chi connectivity index (χ2v) is 6.57. The first-order chi connectivity index (χ1) is 7.33. The summed E-state index contributed by atoms with van der Waals surface area (Å²) in [5, 5.41) is 5.86. The van der Waals surface area contributed by atoms with E-state index in [0.29, 0.717) is 0 Å². The van der Waals surface area contributed by atoms with E-state index in [1.807, 2.05) is 0 Å². The summed E-state index contributed by atoms with van der Waals surface area (Å²) in [5.41, 5.74) is 5.41. The maximum atomic E-state index is 11.8. The molecule has 0 aliphatic rings. The first kappa shape index (κ1) is 13.1. The van der Waals surface area contributed by atoms with Crippen molar-refractivity contribution in [1.82, 2.24) is 14.9 Å². The smallest absolute Gasteiger partial charge is 0.246 e. The molecule has 2 atom stereocenters. The quantitative estimate of drug-likeness (QED) is 0.634. The van der Waals surface area contributed by atoms with Gasteiger partial charge in [0.1, 0.15) is 10.7 Å². The first-order valence-corrected chi connectivity index (χ1v) is 7.65. The maximum Gasteiger partial charge on any atom is 0.246 e. The molecule has 0 radical (unpaired) electrons. The van der Waals surface area contributed by atoms with Gasteiger partial charge in [0.25, 0.3) is 0 Å². The van der Waals surface area contributed by atoms with Crippen LogP contribution < -0.4 is 10.5 Å². The van der Waals surface area contributed by atoms with E-state index in [9.17, 15) is 12.6 Å². The number of nitrogens with zero attached hydrogens (tertiary/aromatic N) is 1. The number of sulfonamides is 1. The predicted octanol–water partition coefficient (Wildman–Crippen LogP) is -0.963. The number of rotatable bonds is 5. The molecule has 4 N–H and O–H groups in total. The SMILES string of the molecule is CC(CS(C)=O)NS(=O)(=O)c1cn[nH]c1N. The standard InChI is InChI=1S/C7H14N4O3S2/c1-5(4-15(2)12)11-16(13,14)6-3-9-10-7(6)8/h3,5,11H,4H2,1-2H3,(H3,8,9,10). The number of aromatic amines is 1. The normalized spacial score (nSPS) is 15.9. The van der Waals surface area contributed by atoms with E-state index < -0.39 is 26.9 Å². The van der Waals surface area contributed by atoms with Crippen LogP contribution in [-0.2, 0) is 20.8 Å². The Bertz CT molecular complexity index is 482. The van der Waals surface area contributed by atoms with Gasteiger partial charge in [-0.15, -0.1) is 0 Å². The van der Waals surface area contributed by atoms with Crippen LogP contribution in [0.25, 0.3) is 0 Å². The van der Waals surface area contributed by atoms with Crippen molar-refractivity contribution in [3.05, 3.63) is 6.20 Å². The van der Waals surface area contributed by atoms with Gasteiger partial charge in [-0.25, -0.2) is 13.1 Å². The molecule has 0 fully saturated rings. The predicted molar refractivity (Wildman–Crippen MR) is 61.7 cm³/mol. The number of nitrogen functional groups attached to an aromatic ring is 1. The number of nitrogens with one attached hydrogen (secondary N) is 2. The van der Waals surface area contributed by atoms with Gasteiger partial charge in [-0.05, 0) is 6.92 Å². The van der Waals surface area contributed by atoms with Crippen LogP contribution in [0.3, 0.4) is 0 Å². The van der Waals surface area contributed by atoms with Crippen LogP contribution in [0.2, 0.25) is 0 Å². The largest absolute Gasteiger partial charge is 0.383 e. The third kappa shape index (κ3) is 3.29. The molecule has 0 aromatic carbocycles. The average Bonchev–Trinajstić information content (AvgIpc) is 2.48. The van der Waals surface area contributed by atoms with Crippen LogP contribution in [0.15, 0.2) is 11.1 Å². The molecular weight excluding hydrogens is 252 g/mol. The Morgan fingerprint density at radius 3 is 2.75 bits per heavy atom. The third-order valence-corrected chi connectivity index (χ3v) is 4.35. The van der Waals surface area contributed by atoms with Crippen molar-refractivity contribution in [2.45, 2.75) is 17.9 Å². The van der Waals surface area contributed by atoms with E-state index in [1.165, 1.54) is 6.26 Å². The molecule has 0 bridgehead atoms. The Morgan fingerprint density at radius 1 is 1.69 bits per heavy atom. The van der Waals surface area contributed by atoms with Crippen molar-refractivity contribution in [3.63, 3.8) is 0 Å². The highest BCUT2D eigenvalue weighted by Crippen LogP contribution is 2.13. The van der Waals surface area contributed by atoms with Crippen LogP contribution in [0, 0.1) is 0 Å². The van der Waals surface area contributed by atoms with E-state index in [-0.39, 0.29) is 16.5 Å². The second-order valence-electron chi connectivity index (χ2n) is 3.41. The van der Waals surface area contributed by atoms with Crippen molar-refractivity contribution >= 4 is 26.6 Å². The van der Waals surface area contributed by atoms with Crippen LogP contribution in [0.1, 0.15) is 6.92 Å². The van der Waals surface area contributed by atoms with Gasteiger partial charge in [-0.3, -0.25) is 9.31 Å². The lowest BCUT2D eigenvalue weighted by atomic mass is 10.4. The number of hydrogen-bond donors (Lipinski definition) is 3. The zero-order valence-corrected chi connectivity index (χ0v) is 10.6. The summed E-state index contributed by atoms with van der Waals surface area (Å²) in [4.78, 5) is -0.0961. The van der Waals surface area contributed by atoms with Gasteiger partial charge in [0, 0.05) is 28.9 Å². The summed E-state index contributed by atoms with van der Waals surface area (Å²) < 4.78 is 36.8. The highest BCUT2D eigenvalue weighted by atomic mass is 32.2. The summed E-state index contributed by atoms with van der Waals surface area (Å²) in [7, 11) is -4.76. The molecular formula is C7H14N4O3S2. The number of nitrogens with two attached hydrogens (primary N) is 1. The Balaban J connectivity index is 2.81. The summed E-state index contributed by atoms with van der Waals surface area (Å²) in [6.45, 7) is 1.63. The molecule has 9 heteroatoms. The second kappa shape index (κ2) is 4.93. The number of anilines is 1. The average molecular weight is 266 g/mol. The van der Waals surface area contributed by atoms with Gasteiger partial charge in [0.2, 0.25) is 10.0 Å². The van der Waals surface area contributed by atoms with Crippen molar-refractivity contribution in [3.8, 4) is 0 Å². The lowest BCUT2D eigenvalue weighted by molar-refractivity contribution is 0.570. The molecule has 0 amide bonds.